The van der Waals surface area contributed by atoms with Crippen molar-refractivity contribution >= 4 is 27.7 Å². The van der Waals surface area contributed by atoms with Gasteiger partial charge in [-0.25, -0.2) is 4.68 Å². The Morgan fingerprint density at radius 2 is 2.19 bits per heavy atom. The van der Waals surface area contributed by atoms with Crippen molar-refractivity contribution in [1.82, 2.24) is 9.78 Å². The molecule has 0 fully saturated rings. The highest BCUT2D eigenvalue weighted by atomic mass is 79.9. The highest BCUT2D eigenvalue weighted by Gasteiger charge is 2.14. The standard InChI is InChI=1S/C15H18BrN3O2/c1-10(2)9-19-14(6-7-17-19)18-15(20)12-8-11(21-3)4-5-13(12)16/h4-8,10H,9H2,1-3H3,(H,18,20). The Balaban J connectivity index is 2.20. The average Bonchev–Trinajstić information content (AvgIpc) is 2.85. The zero-order valence-electron chi connectivity index (χ0n) is 12.3. The minimum Gasteiger partial charge on any atom is -0.497 e. The second-order valence-corrected chi connectivity index (χ2v) is 5.95. The molecule has 5 nitrogen and oxygen atoms in total. The topological polar surface area (TPSA) is 56.1 Å². The van der Waals surface area contributed by atoms with Crippen LogP contribution in [0.2, 0.25) is 0 Å². The molecule has 0 saturated carbocycles. The molecule has 0 radical (unpaired) electrons. The monoisotopic (exact) mass is 351 g/mol. The minimum absolute atomic E-state index is 0.203. The van der Waals surface area contributed by atoms with E-state index < -0.39 is 0 Å². The van der Waals surface area contributed by atoms with Gasteiger partial charge in [0, 0.05) is 17.1 Å². The van der Waals surface area contributed by atoms with Gasteiger partial charge in [-0.2, -0.15) is 5.10 Å². The van der Waals surface area contributed by atoms with Gasteiger partial charge in [0.25, 0.3) is 5.91 Å². The normalized spacial score (nSPS) is 10.7. The Hall–Kier alpha value is -1.82. The summed E-state index contributed by atoms with van der Waals surface area (Å²) >= 11 is 3.38. The van der Waals surface area contributed by atoms with Crippen LogP contribution >= 0.6 is 15.9 Å². The van der Waals surface area contributed by atoms with Crippen LogP contribution in [0.3, 0.4) is 0 Å². The van der Waals surface area contributed by atoms with Gasteiger partial charge in [0.15, 0.2) is 0 Å². The van der Waals surface area contributed by atoms with Gasteiger partial charge in [0.05, 0.1) is 18.9 Å². The largest absolute Gasteiger partial charge is 0.497 e. The molecular formula is C15H18BrN3O2. The molecule has 0 spiro atoms. The lowest BCUT2D eigenvalue weighted by Crippen LogP contribution is -2.17. The molecule has 1 aromatic carbocycles. The van der Waals surface area contributed by atoms with Crippen molar-refractivity contribution in [3.05, 3.63) is 40.5 Å². The van der Waals surface area contributed by atoms with Gasteiger partial charge >= 0.3 is 0 Å². The predicted molar refractivity (Wildman–Crippen MR) is 85.7 cm³/mol. The lowest BCUT2D eigenvalue weighted by molar-refractivity contribution is 0.102. The van der Waals surface area contributed by atoms with E-state index in [1.165, 1.54) is 0 Å². The first-order valence-corrected chi connectivity index (χ1v) is 7.47. The maximum Gasteiger partial charge on any atom is 0.258 e. The van der Waals surface area contributed by atoms with E-state index in [1.807, 2.05) is 0 Å². The van der Waals surface area contributed by atoms with Crippen molar-refractivity contribution in [3.8, 4) is 5.75 Å². The molecule has 0 aliphatic carbocycles. The number of halogens is 1. The van der Waals surface area contributed by atoms with Crippen LogP contribution in [0, 0.1) is 5.92 Å². The van der Waals surface area contributed by atoms with Crippen molar-refractivity contribution in [1.29, 1.82) is 0 Å². The van der Waals surface area contributed by atoms with Gasteiger partial charge in [0.1, 0.15) is 11.6 Å². The number of benzene rings is 1. The number of hydrogen-bond acceptors (Lipinski definition) is 3. The highest BCUT2D eigenvalue weighted by molar-refractivity contribution is 9.10. The van der Waals surface area contributed by atoms with Crippen molar-refractivity contribution in [2.45, 2.75) is 20.4 Å². The summed E-state index contributed by atoms with van der Waals surface area (Å²) in [7, 11) is 1.57. The summed E-state index contributed by atoms with van der Waals surface area (Å²) < 4.78 is 7.66. The number of aromatic nitrogens is 2. The molecule has 0 atom stereocenters. The lowest BCUT2D eigenvalue weighted by atomic mass is 10.2. The van der Waals surface area contributed by atoms with Crippen LogP contribution in [0.15, 0.2) is 34.9 Å². The number of nitrogens with zero attached hydrogens (tertiary/aromatic N) is 2. The van der Waals surface area contributed by atoms with Gasteiger partial charge in [-0.1, -0.05) is 13.8 Å². The molecular weight excluding hydrogens is 334 g/mol. The Morgan fingerprint density at radius 1 is 1.43 bits per heavy atom. The number of ether oxygens (including phenoxy) is 1. The molecule has 21 heavy (non-hydrogen) atoms. The van der Waals surface area contributed by atoms with Crippen LogP contribution in [0.25, 0.3) is 0 Å². The number of carbonyl (C=O) groups excluding carboxylic acids is 1. The first-order chi connectivity index (χ1) is 10.0. The number of rotatable bonds is 5. The molecule has 112 valence electrons. The average molecular weight is 352 g/mol. The molecule has 0 aliphatic rings. The summed E-state index contributed by atoms with van der Waals surface area (Å²) in [6, 6.07) is 7.07. The molecule has 0 saturated heterocycles. The minimum atomic E-state index is -0.203. The van der Waals surface area contributed by atoms with Gasteiger partial charge in [-0.15, -0.1) is 0 Å². The summed E-state index contributed by atoms with van der Waals surface area (Å²) in [5.41, 5.74) is 0.520. The molecule has 2 rings (SSSR count). The first kappa shape index (κ1) is 15.6. The van der Waals surface area contributed by atoms with Gasteiger partial charge in [-0.3, -0.25) is 4.79 Å². The molecule has 1 amide bonds. The molecule has 2 aromatic rings. The Bertz CT molecular complexity index is 638. The van der Waals surface area contributed by atoms with Crippen LogP contribution in [-0.2, 0) is 6.54 Å². The molecule has 0 unspecified atom stereocenters. The molecule has 1 aromatic heterocycles. The van der Waals surface area contributed by atoms with Crippen LogP contribution < -0.4 is 10.1 Å². The summed E-state index contributed by atoms with van der Waals surface area (Å²) in [6.07, 6.45) is 1.68. The number of methoxy groups -OCH3 is 1. The number of anilines is 1. The van der Waals surface area contributed by atoms with E-state index >= 15 is 0 Å². The fourth-order valence-corrected chi connectivity index (χ4v) is 2.35. The fraction of sp³-hybridized carbons (Fsp3) is 0.333. The number of amides is 1. The summed E-state index contributed by atoms with van der Waals surface area (Å²) in [5, 5.41) is 7.11. The second-order valence-electron chi connectivity index (χ2n) is 5.09. The van der Waals surface area contributed by atoms with Crippen LogP contribution in [0.1, 0.15) is 24.2 Å². The van der Waals surface area contributed by atoms with E-state index in [0.717, 1.165) is 11.0 Å². The number of hydrogen-bond donors (Lipinski definition) is 1. The quantitative estimate of drug-likeness (QED) is 0.895. The Morgan fingerprint density at radius 3 is 2.86 bits per heavy atom. The van der Waals surface area contributed by atoms with Crippen molar-refractivity contribution < 1.29 is 9.53 Å². The summed E-state index contributed by atoms with van der Waals surface area (Å²) in [4.78, 5) is 12.4. The van der Waals surface area contributed by atoms with E-state index in [2.05, 4.69) is 40.2 Å². The predicted octanol–water partition coefficient (Wildman–Crippen LogP) is 3.56. The van der Waals surface area contributed by atoms with Gasteiger partial charge < -0.3 is 10.1 Å². The van der Waals surface area contributed by atoms with Gasteiger partial charge in [-0.05, 0) is 40.0 Å². The maximum absolute atomic E-state index is 12.4. The Kier molecular flexibility index (Phi) is 5.01. The summed E-state index contributed by atoms with van der Waals surface area (Å²) in [6.45, 7) is 4.96. The molecule has 6 heteroatoms. The van der Waals surface area contributed by atoms with Crippen molar-refractivity contribution in [3.63, 3.8) is 0 Å². The smallest absolute Gasteiger partial charge is 0.258 e. The third kappa shape index (κ3) is 3.85. The zero-order valence-corrected chi connectivity index (χ0v) is 13.8. The number of carbonyl (C=O) groups is 1. The van der Waals surface area contributed by atoms with Crippen LogP contribution in [0.5, 0.6) is 5.75 Å². The van der Waals surface area contributed by atoms with E-state index in [0.29, 0.717) is 23.0 Å². The molecule has 1 heterocycles. The van der Waals surface area contributed by atoms with Crippen molar-refractivity contribution in [2.24, 2.45) is 5.92 Å². The van der Waals surface area contributed by atoms with E-state index in [4.69, 9.17) is 4.74 Å². The lowest BCUT2D eigenvalue weighted by Gasteiger charge is -2.12. The van der Waals surface area contributed by atoms with Crippen LogP contribution in [-0.4, -0.2) is 22.8 Å². The van der Waals surface area contributed by atoms with E-state index in [-0.39, 0.29) is 5.91 Å². The van der Waals surface area contributed by atoms with Gasteiger partial charge in [0.2, 0.25) is 0 Å². The van der Waals surface area contributed by atoms with E-state index in [1.54, 1.807) is 42.3 Å². The maximum atomic E-state index is 12.4. The third-order valence-corrected chi connectivity index (χ3v) is 3.61. The highest BCUT2D eigenvalue weighted by Crippen LogP contribution is 2.23. The Labute approximate surface area is 132 Å². The molecule has 1 N–H and O–H groups in total. The van der Waals surface area contributed by atoms with E-state index in [9.17, 15) is 4.79 Å². The third-order valence-electron chi connectivity index (χ3n) is 2.91. The van der Waals surface area contributed by atoms with Crippen LogP contribution in [0.4, 0.5) is 5.82 Å². The summed E-state index contributed by atoms with van der Waals surface area (Å²) in [5.74, 6) is 1.57. The molecule has 0 bridgehead atoms. The fourth-order valence-electron chi connectivity index (χ4n) is 1.92. The first-order valence-electron chi connectivity index (χ1n) is 6.68. The number of nitrogens with one attached hydrogen (secondary N) is 1. The zero-order chi connectivity index (χ0) is 15.4. The second kappa shape index (κ2) is 6.76. The molecule has 0 aliphatic heterocycles. The SMILES string of the molecule is COc1ccc(Br)c(C(=O)Nc2ccnn2CC(C)C)c1. The van der Waals surface area contributed by atoms with Crippen molar-refractivity contribution in [2.75, 3.05) is 12.4 Å².